The van der Waals surface area contributed by atoms with E-state index in [1.165, 1.54) is 24.0 Å². The first-order valence-corrected chi connectivity index (χ1v) is 5.66. The zero-order valence-corrected chi connectivity index (χ0v) is 9.39. The Morgan fingerprint density at radius 1 is 1.33 bits per heavy atom. The maximum Gasteiger partial charge on any atom is 0.123 e. The Hall–Kier alpha value is -0.890. The van der Waals surface area contributed by atoms with Gasteiger partial charge in [-0.15, -0.1) is 0 Å². The molecule has 1 aliphatic rings. The van der Waals surface area contributed by atoms with Crippen LogP contribution in [0, 0.1) is 5.82 Å². The number of hydrogen-bond donors (Lipinski definition) is 1. The van der Waals surface area contributed by atoms with E-state index in [2.05, 4.69) is 12.2 Å². The molecular weight excluding hydrogens is 189 g/mol. The number of halogens is 1. The second-order valence-corrected chi connectivity index (χ2v) is 4.51. The van der Waals surface area contributed by atoms with Gasteiger partial charge in [0.15, 0.2) is 0 Å². The lowest BCUT2D eigenvalue weighted by molar-refractivity contribution is 0.482. The smallest absolute Gasteiger partial charge is 0.123 e. The third kappa shape index (κ3) is 2.05. The predicted molar refractivity (Wildman–Crippen MR) is 60.7 cm³/mol. The van der Waals surface area contributed by atoms with Crippen LogP contribution in [0.3, 0.4) is 0 Å². The second-order valence-electron chi connectivity index (χ2n) is 4.51. The molecule has 2 heteroatoms. The molecule has 82 valence electrons. The van der Waals surface area contributed by atoms with Crippen molar-refractivity contribution in [1.29, 1.82) is 0 Å². The summed E-state index contributed by atoms with van der Waals surface area (Å²) in [5.41, 5.74) is 2.55. The molecule has 0 amide bonds. The molecule has 0 heterocycles. The van der Waals surface area contributed by atoms with Gasteiger partial charge < -0.3 is 5.32 Å². The molecule has 0 bridgehead atoms. The molecule has 2 rings (SSSR count). The highest BCUT2D eigenvalue weighted by atomic mass is 19.1. The Balaban J connectivity index is 2.37. The highest BCUT2D eigenvalue weighted by molar-refractivity contribution is 5.36. The highest BCUT2D eigenvalue weighted by Crippen LogP contribution is 2.38. The largest absolute Gasteiger partial charge is 0.319 e. The maximum atomic E-state index is 13.2. The van der Waals surface area contributed by atoms with Crippen molar-refractivity contribution in [3.05, 3.63) is 35.1 Å². The second kappa shape index (κ2) is 4.31. The zero-order chi connectivity index (χ0) is 10.8. The maximum absolute atomic E-state index is 13.2. The number of nitrogens with one attached hydrogen (secondary N) is 1. The van der Waals surface area contributed by atoms with Gasteiger partial charge in [0.25, 0.3) is 0 Å². The Bertz CT molecular complexity index is 348. The Morgan fingerprint density at radius 3 is 2.87 bits per heavy atom. The first-order valence-electron chi connectivity index (χ1n) is 5.66. The fourth-order valence-corrected chi connectivity index (χ4v) is 2.57. The summed E-state index contributed by atoms with van der Waals surface area (Å²) < 4.78 is 13.2. The predicted octanol–water partition coefficient (Wildman–Crippen LogP) is 3.03. The molecule has 0 saturated heterocycles. The Labute approximate surface area is 90.7 Å². The molecule has 0 radical (unpaired) electrons. The van der Waals surface area contributed by atoms with Gasteiger partial charge in [-0.05, 0) is 55.0 Å². The molecule has 0 saturated carbocycles. The topological polar surface area (TPSA) is 12.0 Å². The van der Waals surface area contributed by atoms with Crippen molar-refractivity contribution in [1.82, 2.24) is 5.32 Å². The van der Waals surface area contributed by atoms with Crippen molar-refractivity contribution in [2.24, 2.45) is 0 Å². The van der Waals surface area contributed by atoms with Gasteiger partial charge >= 0.3 is 0 Å². The summed E-state index contributed by atoms with van der Waals surface area (Å²) in [6.45, 7) is 3.18. The van der Waals surface area contributed by atoms with Gasteiger partial charge in [0.1, 0.15) is 5.82 Å². The minimum absolute atomic E-state index is 0.107. The lowest BCUT2D eigenvalue weighted by atomic mass is 9.77. The van der Waals surface area contributed by atoms with Crippen LogP contribution >= 0.6 is 0 Å². The third-order valence-corrected chi connectivity index (χ3v) is 3.42. The van der Waals surface area contributed by atoms with Gasteiger partial charge in [0.2, 0.25) is 0 Å². The van der Waals surface area contributed by atoms with Crippen LogP contribution in [-0.2, 0) is 0 Å². The van der Waals surface area contributed by atoms with Crippen LogP contribution in [0.1, 0.15) is 42.7 Å². The first-order chi connectivity index (χ1) is 7.22. The summed E-state index contributed by atoms with van der Waals surface area (Å²) in [7, 11) is 1.96. The number of hydrogen-bond acceptors (Lipinski definition) is 1. The minimum Gasteiger partial charge on any atom is -0.319 e. The summed E-state index contributed by atoms with van der Waals surface area (Å²) in [4.78, 5) is 0. The van der Waals surface area contributed by atoms with E-state index in [4.69, 9.17) is 0 Å². The lowest BCUT2D eigenvalue weighted by Gasteiger charge is -2.29. The van der Waals surface area contributed by atoms with E-state index in [1.54, 1.807) is 12.1 Å². The van der Waals surface area contributed by atoms with Gasteiger partial charge in [-0.25, -0.2) is 4.39 Å². The SMILES string of the molecule is CNCC1CCC(C)c2ccc(F)cc21. The summed E-state index contributed by atoms with van der Waals surface area (Å²) in [6, 6.07) is 5.25. The average molecular weight is 207 g/mol. The fourth-order valence-electron chi connectivity index (χ4n) is 2.57. The lowest BCUT2D eigenvalue weighted by Crippen LogP contribution is -2.22. The molecule has 1 nitrogen and oxygen atoms in total. The van der Waals surface area contributed by atoms with Crippen molar-refractivity contribution in [2.75, 3.05) is 13.6 Å². The first kappa shape index (κ1) is 10.6. The molecule has 0 fully saturated rings. The molecule has 1 N–H and O–H groups in total. The molecule has 0 spiro atoms. The van der Waals surface area contributed by atoms with E-state index in [1.807, 2.05) is 13.1 Å². The van der Waals surface area contributed by atoms with Crippen LogP contribution in [0.15, 0.2) is 18.2 Å². The number of likely N-dealkylation sites (N-methyl/N-ethyl adjacent to an activating group) is 1. The standard InChI is InChI=1S/C13H18FN/c1-9-3-4-10(8-15-2)13-7-11(14)5-6-12(9)13/h5-7,9-10,15H,3-4,8H2,1-2H3. The van der Waals surface area contributed by atoms with E-state index in [-0.39, 0.29) is 5.82 Å². The average Bonchev–Trinajstić information content (AvgIpc) is 2.22. The van der Waals surface area contributed by atoms with E-state index in [0.29, 0.717) is 11.8 Å². The summed E-state index contributed by atoms with van der Waals surface area (Å²) in [6.07, 6.45) is 2.38. The number of rotatable bonds is 2. The molecule has 2 atom stereocenters. The molecule has 1 aromatic carbocycles. The third-order valence-electron chi connectivity index (χ3n) is 3.42. The Kier molecular flexibility index (Phi) is 3.06. The van der Waals surface area contributed by atoms with Crippen molar-refractivity contribution in [3.8, 4) is 0 Å². The van der Waals surface area contributed by atoms with Crippen LogP contribution in [0.25, 0.3) is 0 Å². The van der Waals surface area contributed by atoms with Crippen molar-refractivity contribution < 1.29 is 4.39 Å². The van der Waals surface area contributed by atoms with E-state index < -0.39 is 0 Å². The summed E-state index contributed by atoms with van der Waals surface area (Å²) in [5, 5.41) is 3.19. The van der Waals surface area contributed by atoms with Crippen molar-refractivity contribution in [3.63, 3.8) is 0 Å². The van der Waals surface area contributed by atoms with E-state index in [0.717, 1.165) is 6.54 Å². The fraction of sp³-hybridized carbons (Fsp3) is 0.538. The van der Waals surface area contributed by atoms with Crippen LogP contribution in [0.2, 0.25) is 0 Å². The molecule has 0 aliphatic heterocycles. The van der Waals surface area contributed by atoms with Gasteiger partial charge in [-0.2, -0.15) is 0 Å². The van der Waals surface area contributed by atoms with Gasteiger partial charge in [-0.3, -0.25) is 0 Å². The number of fused-ring (bicyclic) bond motifs is 1. The Morgan fingerprint density at radius 2 is 2.13 bits per heavy atom. The molecule has 1 aromatic rings. The summed E-state index contributed by atoms with van der Waals surface area (Å²) in [5.74, 6) is 0.953. The van der Waals surface area contributed by atoms with Gasteiger partial charge in [0, 0.05) is 6.54 Å². The monoisotopic (exact) mass is 207 g/mol. The molecular formula is C13H18FN. The van der Waals surface area contributed by atoms with Gasteiger partial charge in [-0.1, -0.05) is 13.0 Å². The van der Waals surface area contributed by atoms with Crippen LogP contribution in [0.4, 0.5) is 4.39 Å². The van der Waals surface area contributed by atoms with E-state index >= 15 is 0 Å². The van der Waals surface area contributed by atoms with Crippen molar-refractivity contribution in [2.45, 2.75) is 31.6 Å². The summed E-state index contributed by atoms with van der Waals surface area (Å²) >= 11 is 0. The zero-order valence-electron chi connectivity index (χ0n) is 9.39. The normalized spacial score (nSPS) is 25.0. The molecule has 1 aliphatic carbocycles. The van der Waals surface area contributed by atoms with Crippen molar-refractivity contribution >= 4 is 0 Å². The van der Waals surface area contributed by atoms with E-state index in [9.17, 15) is 4.39 Å². The molecule has 0 aromatic heterocycles. The van der Waals surface area contributed by atoms with Crippen LogP contribution in [-0.4, -0.2) is 13.6 Å². The highest BCUT2D eigenvalue weighted by Gasteiger charge is 2.24. The van der Waals surface area contributed by atoms with Crippen LogP contribution in [0.5, 0.6) is 0 Å². The van der Waals surface area contributed by atoms with Gasteiger partial charge in [0.05, 0.1) is 0 Å². The molecule has 2 unspecified atom stereocenters. The molecule has 15 heavy (non-hydrogen) atoms. The van der Waals surface area contributed by atoms with Crippen LogP contribution < -0.4 is 5.32 Å². The number of benzene rings is 1. The minimum atomic E-state index is -0.107. The quantitative estimate of drug-likeness (QED) is 0.786.